The van der Waals surface area contributed by atoms with Gasteiger partial charge in [0.2, 0.25) is 0 Å². The number of para-hydroxylation sites is 2. The molecule has 0 saturated heterocycles. The van der Waals surface area contributed by atoms with Crippen LogP contribution in [0.1, 0.15) is 31.1 Å². The molecule has 2 aromatic rings. The lowest BCUT2D eigenvalue weighted by atomic mass is 10.1. The fourth-order valence-electron chi connectivity index (χ4n) is 2.20. The van der Waals surface area contributed by atoms with Gasteiger partial charge in [0.1, 0.15) is 17.2 Å². The van der Waals surface area contributed by atoms with Crippen LogP contribution in [0.25, 0.3) is 0 Å². The lowest BCUT2D eigenvalue weighted by molar-refractivity contribution is -0.132. The molecular formula is C19H19NO6. The quantitative estimate of drug-likeness (QED) is 0.631. The van der Waals surface area contributed by atoms with Crippen LogP contribution in [0.15, 0.2) is 42.5 Å². The number of hydrogen-bond donors (Lipinski definition) is 1. The van der Waals surface area contributed by atoms with E-state index in [0.717, 1.165) is 0 Å². The monoisotopic (exact) mass is 357 g/mol. The molecule has 1 N–H and O–H groups in total. The molecule has 0 fully saturated rings. The number of nitrogens with one attached hydrogen (secondary N) is 1. The van der Waals surface area contributed by atoms with Gasteiger partial charge in [0.05, 0.1) is 12.3 Å². The highest BCUT2D eigenvalue weighted by molar-refractivity contribution is 6.05. The second-order valence-corrected chi connectivity index (χ2v) is 5.26. The van der Waals surface area contributed by atoms with Crippen LogP contribution in [0.3, 0.4) is 0 Å². The van der Waals surface area contributed by atoms with Crippen molar-refractivity contribution < 1.29 is 28.6 Å². The average Bonchev–Trinajstić information content (AvgIpc) is 2.55. The first-order valence-corrected chi connectivity index (χ1v) is 7.94. The van der Waals surface area contributed by atoms with E-state index in [1.54, 1.807) is 24.3 Å². The molecule has 1 amide bonds. The standard InChI is InChI=1S/C19H19NO6/c1-4-24-18-8-6-5-7-17(18)20-19(23)14-9-15(25-12(2)21)11-16(10-14)26-13(3)22/h5-11H,4H2,1-3H3,(H,20,23). The molecule has 0 unspecified atom stereocenters. The van der Waals surface area contributed by atoms with E-state index in [0.29, 0.717) is 18.0 Å². The van der Waals surface area contributed by atoms with Crippen LogP contribution in [0.2, 0.25) is 0 Å². The zero-order chi connectivity index (χ0) is 19.1. The minimum absolute atomic E-state index is 0.0968. The van der Waals surface area contributed by atoms with Crippen LogP contribution < -0.4 is 19.5 Å². The highest BCUT2D eigenvalue weighted by Crippen LogP contribution is 2.27. The van der Waals surface area contributed by atoms with Crippen molar-refractivity contribution >= 4 is 23.5 Å². The van der Waals surface area contributed by atoms with Gasteiger partial charge in [-0.1, -0.05) is 12.1 Å². The molecule has 0 aliphatic rings. The summed E-state index contributed by atoms with van der Waals surface area (Å²) < 4.78 is 15.5. The summed E-state index contributed by atoms with van der Waals surface area (Å²) in [6.07, 6.45) is 0. The van der Waals surface area contributed by atoms with Crippen molar-refractivity contribution in [2.24, 2.45) is 0 Å². The number of ether oxygens (including phenoxy) is 3. The predicted octanol–water partition coefficient (Wildman–Crippen LogP) is 3.19. The largest absolute Gasteiger partial charge is 0.492 e. The summed E-state index contributed by atoms with van der Waals surface area (Å²) in [7, 11) is 0. The van der Waals surface area contributed by atoms with Crippen LogP contribution in [0.5, 0.6) is 17.2 Å². The summed E-state index contributed by atoms with van der Waals surface area (Å²) in [5.41, 5.74) is 0.651. The van der Waals surface area contributed by atoms with Gasteiger partial charge in [0, 0.05) is 25.5 Å². The first-order valence-electron chi connectivity index (χ1n) is 7.94. The van der Waals surface area contributed by atoms with Crippen molar-refractivity contribution in [1.82, 2.24) is 0 Å². The van der Waals surface area contributed by atoms with Gasteiger partial charge < -0.3 is 19.5 Å². The Balaban J connectivity index is 2.32. The highest BCUT2D eigenvalue weighted by atomic mass is 16.5. The number of carbonyl (C=O) groups excluding carboxylic acids is 3. The highest BCUT2D eigenvalue weighted by Gasteiger charge is 2.14. The van der Waals surface area contributed by atoms with Crippen molar-refractivity contribution in [3.8, 4) is 17.2 Å². The van der Waals surface area contributed by atoms with Crippen LogP contribution in [-0.2, 0) is 9.59 Å². The van der Waals surface area contributed by atoms with Gasteiger partial charge in [0.15, 0.2) is 0 Å². The van der Waals surface area contributed by atoms with Crippen LogP contribution in [0.4, 0.5) is 5.69 Å². The van der Waals surface area contributed by atoms with Gasteiger partial charge in [-0.15, -0.1) is 0 Å². The first-order chi connectivity index (χ1) is 12.4. The maximum absolute atomic E-state index is 12.6. The molecule has 0 aliphatic carbocycles. The fraction of sp³-hybridized carbons (Fsp3) is 0.211. The average molecular weight is 357 g/mol. The Morgan fingerprint density at radius 3 is 2.04 bits per heavy atom. The molecule has 0 saturated carbocycles. The van der Waals surface area contributed by atoms with Crippen LogP contribution >= 0.6 is 0 Å². The molecule has 0 aliphatic heterocycles. The maximum atomic E-state index is 12.6. The summed E-state index contributed by atoms with van der Waals surface area (Å²) in [6.45, 7) is 4.76. The zero-order valence-electron chi connectivity index (χ0n) is 14.7. The van der Waals surface area contributed by atoms with Crippen molar-refractivity contribution in [2.45, 2.75) is 20.8 Å². The lowest BCUT2D eigenvalue weighted by Crippen LogP contribution is -2.14. The molecule has 136 valence electrons. The third-order valence-electron chi connectivity index (χ3n) is 3.10. The summed E-state index contributed by atoms with van der Waals surface area (Å²) in [4.78, 5) is 35.0. The van der Waals surface area contributed by atoms with Crippen molar-refractivity contribution in [3.63, 3.8) is 0 Å². The minimum atomic E-state index is -0.557. The maximum Gasteiger partial charge on any atom is 0.308 e. The third-order valence-corrected chi connectivity index (χ3v) is 3.10. The van der Waals surface area contributed by atoms with E-state index in [9.17, 15) is 14.4 Å². The van der Waals surface area contributed by atoms with E-state index >= 15 is 0 Å². The number of rotatable bonds is 6. The Bertz CT molecular complexity index is 796. The molecule has 0 atom stereocenters. The Labute approximate surface area is 150 Å². The molecule has 0 aromatic heterocycles. The molecule has 0 heterocycles. The Morgan fingerprint density at radius 2 is 1.50 bits per heavy atom. The van der Waals surface area contributed by atoms with E-state index in [2.05, 4.69) is 5.32 Å². The number of hydrogen-bond acceptors (Lipinski definition) is 6. The zero-order valence-corrected chi connectivity index (χ0v) is 14.7. The molecule has 0 bridgehead atoms. The molecule has 7 nitrogen and oxygen atoms in total. The van der Waals surface area contributed by atoms with Gasteiger partial charge in [-0.3, -0.25) is 14.4 Å². The van der Waals surface area contributed by atoms with Crippen molar-refractivity contribution in [1.29, 1.82) is 0 Å². The van der Waals surface area contributed by atoms with Crippen molar-refractivity contribution in [3.05, 3.63) is 48.0 Å². The summed E-state index contributed by atoms with van der Waals surface area (Å²) in [6, 6.07) is 11.1. The lowest BCUT2D eigenvalue weighted by Gasteiger charge is -2.12. The van der Waals surface area contributed by atoms with E-state index in [4.69, 9.17) is 14.2 Å². The Morgan fingerprint density at radius 1 is 0.923 bits per heavy atom. The normalized spacial score (nSPS) is 9.96. The number of carbonyl (C=O) groups is 3. The first kappa shape index (κ1) is 19.0. The van der Waals surface area contributed by atoms with Gasteiger partial charge in [-0.05, 0) is 31.2 Å². The predicted molar refractivity (Wildman–Crippen MR) is 94.6 cm³/mol. The van der Waals surface area contributed by atoms with E-state index in [1.807, 2.05) is 6.92 Å². The van der Waals surface area contributed by atoms with Gasteiger partial charge in [-0.2, -0.15) is 0 Å². The number of amides is 1. The van der Waals surface area contributed by atoms with E-state index in [-0.39, 0.29) is 17.1 Å². The van der Waals surface area contributed by atoms with E-state index < -0.39 is 17.8 Å². The number of esters is 2. The molecule has 26 heavy (non-hydrogen) atoms. The van der Waals surface area contributed by atoms with E-state index in [1.165, 1.54) is 32.0 Å². The topological polar surface area (TPSA) is 90.9 Å². The fourth-order valence-corrected chi connectivity index (χ4v) is 2.20. The van der Waals surface area contributed by atoms with Gasteiger partial charge in [-0.25, -0.2) is 0 Å². The van der Waals surface area contributed by atoms with Crippen LogP contribution in [0, 0.1) is 0 Å². The van der Waals surface area contributed by atoms with Crippen molar-refractivity contribution in [2.75, 3.05) is 11.9 Å². The van der Waals surface area contributed by atoms with Crippen LogP contribution in [-0.4, -0.2) is 24.5 Å². The summed E-state index contributed by atoms with van der Waals surface area (Å²) >= 11 is 0. The molecule has 2 rings (SSSR count). The SMILES string of the molecule is CCOc1ccccc1NC(=O)c1cc(OC(C)=O)cc(OC(C)=O)c1. The summed E-state index contributed by atoms with van der Waals surface area (Å²) in [5, 5.41) is 2.73. The second-order valence-electron chi connectivity index (χ2n) is 5.26. The second kappa shape index (κ2) is 8.66. The molecule has 0 radical (unpaired) electrons. The number of anilines is 1. The smallest absolute Gasteiger partial charge is 0.308 e. The molecule has 7 heteroatoms. The summed E-state index contributed by atoms with van der Waals surface area (Å²) in [5.74, 6) is -0.866. The molecule has 0 spiro atoms. The Kier molecular flexibility index (Phi) is 6.32. The third kappa shape index (κ3) is 5.34. The molecular weight excluding hydrogens is 338 g/mol. The van der Waals surface area contributed by atoms with Gasteiger partial charge >= 0.3 is 11.9 Å². The number of benzene rings is 2. The van der Waals surface area contributed by atoms with Gasteiger partial charge in [0.25, 0.3) is 5.91 Å². The molecule has 2 aromatic carbocycles. The Hall–Kier alpha value is -3.35. The minimum Gasteiger partial charge on any atom is -0.492 e.